The summed E-state index contributed by atoms with van der Waals surface area (Å²) in [5.41, 5.74) is 5.83. The molecule has 0 fully saturated rings. The van der Waals surface area contributed by atoms with Crippen molar-refractivity contribution in [1.29, 1.82) is 0 Å². The lowest BCUT2D eigenvalue weighted by atomic mass is 10.2. The van der Waals surface area contributed by atoms with Crippen LogP contribution in [0, 0.1) is 6.92 Å². The van der Waals surface area contributed by atoms with E-state index in [2.05, 4.69) is 10.9 Å². The second-order valence-electron chi connectivity index (χ2n) is 5.82. The number of nitrogens with one attached hydrogen (secondary N) is 2. The van der Waals surface area contributed by atoms with Gasteiger partial charge in [0.25, 0.3) is 11.8 Å². The third kappa shape index (κ3) is 5.69. The van der Waals surface area contributed by atoms with E-state index in [1.807, 2.05) is 13.8 Å². The third-order valence-corrected chi connectivity index (χ3v) is 6.42. The molecule has 1 aromatic carbocycles. The number of hydrazine groups is 1. The summed E-state index contributed by atoms with van der Waals surface area (Å²) in [4.78, 5) is 25.9. The lowest BCUT2D eigenvalue weighted by Gasteiger charge is -2.22. The van der Waals surface area contributed by atoms with E-state index in [4.69, 9.17) is 11.6 Å². The lowest BCUT2D eigenvalue weighted by molar-refractivity contribution is -0.120. The Morgan fingerprint density at radius 1 is 1.22 bits per heavy atom. The molecule has 27 heavy (non-hydrogen) atoms. The van der Waals surface area contributed by atoms with Crippen LogP contribution in [0.25, 0.3) is 0 Å². The van der Waals surface area contributed by atoms with Crippen molar-refractivity contribution in [3.05, 3.63) is 50.7 Å². The van der Waals surface area contributed by atoms with Crippen LogP contribution in [-0.2, 0) is 21.2 Å². The number of rotatable bonds is 6. The quantitative estimate of drug-likeness (QED) is 0.689. The van der Waals surface area contributed by atoms with Crippen LogP contribution in [0.2, 0.25) is 5.02 Å². The summed E-state index contributed by atoms with van der Waals surface area (Å²) >= 11 is 7.25. The highest BCUT2D eigenvalue weighted by Gasteiger charge is 2.21. The summed E-state index contributed by atoms with van der Waals surface area (Å²) in [7, 11) is -3.72. The zero-order chi connectivity index (χ0) is 20.2. The molecule has 1 aromatic heterocycles. The van der Waals surface area contributed by atoms with Gasteiger partial charge in [0.15, 0.2) is 0 Å². The lowest BCUT2D eigenvalue weighted by Crippen LogP contribution is -2.47. The predicted molar refractivity (Wildman–Crippen MR) is 108 cm³/mol. The number of nitrogens with zero attached hydrogens (tertiary/aromatic N) is 1. The summed E-state index contributed by atoms with van der Waals surface area (Å²) < 4.78 is 25.0. The van der Waals surface area contributed by atoms with Gasteiger partial charge < -0.3 is 0 Å². The van der Waals surface area contributed by atoms with Gasteiger partial charge >= 0.3 is 0 Å². The van der Waals surface area contributed by atoms with E-state index in [1.165, 1.54) is 23.5 Å². The van der Waals surface area contributed by atoms with Crippen molar-refractivity contribution in [2.75, 3.05) is 17.1 Å². The highest BCUT2D eigenvalue weighted by atomic mass is 35.5. The highest BCUT2D eigenvalue weighted by Crippen LogP contribution is 2.22. The zero-order valence-corrected chi connectivity index (χ0v) is 17.5. The van der Waals surface area contributed by atoms with E-state index in [0.717, 1.165) is 27.4 Å². The van der Waals surface area contributed by atoms with Gasteiger partial charge in [-0.25, -0.2) is 8.42 Å². The molecule has 0 aliphatic heterocycles. The molecule has 0 radical (unpaired) electrons. The molecule has 2 aromatic rings. The standard InChI is InChI=1S/C17H20ClN3O4S2/c1-4-14-11(2)8-15(26-14)17(23)20-19-16(22)10-21(27(3,24)25)13-7-5-6-12(18)9-13/h5-9H,4,10H2,1-3H3,(H,19,22)(H,20,23). The minimum absolute atomic E-state index is 0.257. The topological polar surface area (TPSA) is 95.6 Å². The molecule has 0 atom stereocenters. The van der Waals surface area contributed by atoms with Crippen LogP contribution in [0.3, 0.4) is 0 Å². The summed E-state index contributed by atoms with van der Waals surface area (Å²) in [5.74, 6) is -1.14. The Balaban J connectivity index is 2.04. The van der Waals surface area contributed by atoms with Crippen molar-refractivity contribution in [1.82, 2.24) is 10.9 Å². The molecule has 146 valence electrons. The van der Waals surface area contributed by atoms with E-state index in [-0.39, 0.29) is 5.69 Å². The maximum Gasteiger partial charge on any atom is 0.279 e. The third-order valence-electron chi connectivity index (χ3n) is 3.66. The van der Waals surface area contributed by atoms with Gasteiger partial charge in [-0.2, -0.15) is 0 Å². The molecule has 7 nitrogen and oxygen atoms in total. The number of hydrogen-bond acceptors (Lipinski definition) is 5. The maximum atomic E-state index is 12.2. The highest BCUT2D eigenvalue weighted by molar-refractivity contribution is 7.92. The van der Waals surface area contributed by atoms with E-state index in [9.17, 15) is 18.0 Å². The largest absolute Gasteiger partial charge is 0.279 e. The van der Waals surface area contributed by atoms with Crippen molar-refractivity contribution >= 4 is 50.5 Å². The summed E-state index contributed by atoms with van der Waals surface area (Å²) in [6, 6.07) is 7.90. The number of amides is 2. The minimum atomic E-state index is -3.72. The average molecular weight is 430 g/mol. The molecule has 10 heteroatoms. The second-order valence-corrected chi connectivity index (χ2v) is 9.30. The molecule has 2 N–H and O–H groups in total. The Morgan fingerprint density at radius 2 is 1.93 bits per heavy atom. The average Bonchev–Trinajstić information content (AvgIpc) is 2.97. The van der Waals surface area contributed by atoms with Crippen LogP contribution in [0.4, 0.5) is 5.69 Å². The molecule has 0 unspecified atom stereocenters. The normalized spacial score (nSPS) is 11.1. The van der Waals surface area contributed by atoms with Gasteiger partial charge in [0.1, 0.15) is 6.54 Å². The molecule has 0 saturated heterocycles. The molecular formula is C17H20ClN3O4S2. The maximum absolute atomic E-state index is 12.2. The summed E-state index contributed by atoms with van der Waals surface area (Å²) in [5, 5.41) is 0.342. The Labute approximate surface area is 167 Å². The van der Waals surface area contributed by atoms with Crippen LogP contribution < -0.4 is 15.2 Å². The Kier molecular flexibility index (Phi) is 6.85. The fourth-order valence-corrected chi connectivity index (χ4v) is 4.41. The van der Waals surface area contributed by atoms with Crippen molar-refractivity contribution in [2.45, 2.75) is 20.3 Å². The SMILES string of the molecule is CCc1sc(C(=O)NNC(=O)CN(c2cccc(Cl)c2)S(C)(=O)=O)cc1C. The predicted octanol–water partition coefficient (Wildman–Crippen LogP) is 2.50. The number of aryl methyl sites for hydroxylation is 2. The molecule has 0 saturated carbocycles. The minimum Gasteiger partial charge on any atom is -0.271 e. The summed E-state index contributed by atoms with van der Waals surface area (Å²) in [6.45, 7) is 3.42. The van der Waals surface area contributed by atoms with Crippen LogP contribution in [0.15, 0.2) is 30.3 Å². The molecule has 0 spiro atoms. The Hall–Kier alpha value is -2.10. The molecule has 0 aliphatic rings. The number of anilines is 1. The van der Waals surface area contributed by atoms with Gasteiger partial charge in [0, 0.05) is 9.90 Å². The number of sulfonamides is 1. The zero-order valence-electron chi connectivity index (χ0n) is 15.1. The number of halogens is 1. The molecule has 1 heterocycles. The molecule has 2 rings (SSSR count). The number of carbonyl (C=O) groups excluding carboxylic acids is 2. The van der Waals surface area contributed by atoms with E-state index in [1.54, 1.807) is 18.2 Å². The first-order chi connectivity index (χ1) is 12.6. The van der Waals surface area contributed by atoms with Gasteiger partial charge in [-0.3, -0.25) is 24.7 Å². The first-order valence-electron chi connectivity index (χ1n) is 8.03. The van der Waals surface area contributed by atoms with Crippen LogP contribution in [0.5, 0.6) is 0 Å². The van der Waals surface area contributed by atoms with Gasteiger partial charge in [-0.05, 0) is 43.2 Å². The second kappa shape index (κ2) is 8.73. The van der Waals surface area contributed by atoms with Crippen molar-refractivity contribution < 1.29 is 18.0 Å². The number of carbonyl (C=O) groups is 2. The molecule has 0 bridgehead atoms. The van der Waals surface area contributed by atoms with Crippen LogP contribution in [-0.4, -0.2) is 33.0 Å². The molecular weight excluding hydrogens is 410 g/mol. The van der Waals surface area contributed by atoms with Crippen molar-refractivity contribution in [2.24, 2.45) is 0 Å². The number of benzene rings is 1. The Morgan fingerprint density at radius 3 is 2.48 bits per heavy atom. The van der Waals surface area contributed by atoms with E-state index < -0.39 is 28.4 Å². The molecule has 2 amide bonds. The smallest absolute Gasteiger partial charge is 0.271 e. The van der Waals surface area contributed by atoms with Gasteiger partial charge in [-0.15, -0.1) is 11.3 Å². The Bertz CT molecular complexity index is 957. The number of hydrogen-bond donors (Lipinski definition) is 2. The first-order valence-corrected chi connectivity index (χ1v) is 11.1. The van der Waals surface area contributed by atoms with Crippen molar-refractivity contribution in [3.63, 3.8) is 0 Å². The van der Waals surface area contributed by atoms with E-state index >= 15 is 0 Å². The van der Waals surface area contributed by atoms with Crippen LogP contribution in [0.1, 0.15) is 27.0 Å². The molecule has 0 aliphatic carbocycles. The van der Waals surface area contributed by atoms with Crippen LogP contribution >= 0.6 is 22.9 Å². The van der Waals surface area contributed by atoms with Gasteiger partial charge in [0.05, 0.1) is 16.8 Å². The first kappa shape index (κ1) is 21.2. The van der Waals surface area contributed by atoms with E-state index in [0.29, 0.717) is 9.90 Å². The van der Waals surface area contributed by atoms with Gasteiger partial charge in [0.2, 0.25) is 10.0 Å². The van der Waals surface area contributed by atoms with Crippen molar-refractivity contribution in [3.8, 4) is 0 Å². The fourth-order valence-electron chi connectivity index (χ4n) is 2.37. The fraction of sp³-hybridized carbons (Fsp3) is 0.294. The monoisotopic (exact) mass is 429 g/mol. The number of thiophene rings is 1. The van der Waals surface area contributed by atoms with Gasteiger partial charge in [-0.1, -0.05) is 24.6 Å². The summed E-state index contributed by atoms with van der Waals surface area (Å²) in [6.07, 6.45) is 1.81.